The molecule has 1 N–H and O–H groups in total. The summed E-state index contributed by atoms with van der Waals surface area (Å²) in [6.45, 7) is 6.36. The number of halogens is 1. The van der Waals surface area contributed by atoms with Gasteiger partial charge in [-0.3, -0.25) is 4.79 Å². The Bertz CT molecular complexity index is 1720. The van der Waals surface area contributed by atoms with Crippen LogP contribution in [0.25, 0.3) is 22.6 Å². The number of benzene rings is 3. The third-order valence-electron chi connectivity index (χ3n) is 7.84. The highest BCUT2D eigenvalue weighted by molar-refractivity contribution is 6.30. The average molecular weight is 583 g/mol. The molecule has 8 heteroatoms. The summed E-state index contributed by atoms with van der Waals surface area (Å²) in [5.41, 5.74) is 5.37. The number of para-hydroxylation sites is 1. The molecule has 2 aliphatic rings. The second-order valence-electron chi connectivity index (χ2n) is 11.7. The summed E-state index contributed by atoms with van der Waals surface area (Å²) < 4.78 is 16.3. The Morgan fingerprint density at radius 1 is 1.02 bits per heavy atom. The van der Waals surface area contributed by atoms with Gasteiger partial charge in [0.25, 0.3) is 5.91 Å². The topological polar surface area (TPSA) is 86.8 Å². The van der Waals surface area contributed by atoms with Crippen LogP contribution in [0.2, 0.25) is 5.02 Å². The van der Waals surface area contributed by atoms with Crippen molar-refractivity contribution in [2.75, 3.05) is 18.7 Å². The van der Waals surface area contributed by atoms with E-state index in [2.05, 4.69) is 32.2 Å². The first kappa shape index (κ1) is 27.8. The van der Waals surface area contributed by atoms with Crippen LogP contribution in [0.5, 0.6) is 11.5 Å². The highest BCUT2D eigenvalue weighted by Gasteiger charge is 2.35. The Balaban J connectivity index is 1.34. The largest absolute Gasteiger partial charge is 0.454 e. The predicted molar refractivity (Wildman–Crippen MR) is 164 cm³/mol. The zero-order valence-electron chi connectivity index (χ0n) is 23.7. The van der Waals surface area contributed by atoms with Crippen LogP contribution in [0.15, 0.2) is 66.7 Å². The van der Waals surface area contributed by atoms with Gasteiger partial charge in [-0.1, -0.05) is 62.7 Å². The molecule has 1 atom stereocenters. The second kappa shape index (κ2) is 11.1. The zero-order chi connectivity index (χ0) is 29.4. The van der Waals surface area contributed by atoms with Crippen molar-refractivity contribution < 1.29 is 23.8 Å². The fourth-order valence-electron chi connectivity index (χ4n) is 5.50. The number of hydrogen-bond donors (Lipinski definition) is 1. The van der Waals surface area contributed by atoms with E-state index in [1.165, 1.54) is 0 Å². The summed E-state index contributed by atoms with van der Waals surface area (Å²) in [7, 11) is 0. The van der Waals surface area contributed by atoms with Gasteiger partial charge in [-0.2, -0.15) is 0 Å². The number of aromatic nitrogens is 1. The Hall–Kier alpha value is -4.36. The first-order chi connectivity index (χ1) is 20.2. The molecular formula is C34H31ClN2O5. The maximum atomic E-state index is 13.8. The van der Waals surface area contributed by atoms with E-state index in [1.807, 2.05) is 48.5 Å². The molecule has 214 valence electrons. The predicted octanol–water partition coefficient (Wildman–Crippen LogP) is 7.56. The second-order valence-corrected chi connectivity index (χ2v) is 12.2. The van der Waals surface area contributed by atoms with Gasteiger partial charge in [0.05, 0.1) is 16.8 Å². The van der Waals surface area contributed by atoms with Gasteiger partial charge < -0.3 is 19.5 Å². The number of fused-ring (bicyclic) bond motifs is 3. The normalized spacial score (nSPS) is 16.8. The van der Waals surface area contributed by atoms with Gasteiger partial charge in [-0.15, -0.1) is 0 Å². The van der Waals surface area contributed by atoms with Crippen LogP contribution in [-0.4, -0.2) is 30.3 Å². The lowest BCUT2D eigenvalue weighted by molar-refractivity contribution is -0.119. The number of rotatable bonds is 5. The van der Waals surface area contributed by atoms with E-state index in [0.29, 0.717) is 45.1 Å². The Morgan fingerprint density at radius 2 is 1.79 bits per heavy atom. The van der Waals surface area contributed by atoms with Crippen LogP contribution < -0.4 is 14.8 Å². The van der Waals surface area contributed by atoms with E-state index in [0.717, 1.165) is 28.8 Å². The van der Waals surface area contributed by atoms with Crippen LogP contribution in [0.4, 0.5) is 5.69 Å². The number of nitrogens with one attached hydrogen (secondary N) is 1. The summed E-state index contributed by atoms with van der Waals surface area (Å²) in [4.78, 5) is 31.6. The lowest BCUT2D eigenvalue weighted by Crippen LogP contribution is -2.29. The quantitative estimate of drug-likeness (QED) is 0.244. The molecule has 6 rings (SSSR count). The zero-order valence-corrected chi connectivity index (χ0v) is 24.5. The van der Waals surface area contributed by atoms with Crippen molar-refractivity contribution in [2.24, 2.45) is 11.3 Å². The van der Waals surface area contributed by atoms with Crippen molar-refractivity contribution in [2.45, 2.75) is 33.6 Å². The van der Waals surface area contributed by atoms with Crippen molar-refractivity contribution in [1.29, 1.82) is 0 Å². The lowest BCUT2D eigenvalue weighted by Gasteiger charge is -2.36. The van der Waals surface area contributed by atoms with Gasteiger partial charge >= 0.3 is 5.97 Å². The van der Waals surface area contributed by atoms with Gasteiger partial charge in [-0.25, -0.2) is 9.78 Å². The molecular weight excluding hydrogens is 552 g/mol. The third-order valence-corrected chi connectivity index (χ3v) is 8.10. The first-order valence-corrected chi connectivity index (χ1v) is 14.3. The number of carbonyl (C=O) groups is 2. The average Bonchev–Trinajstić information content (AvgIpc) is 3.43. The number of ether oxygens (including phenoxy) is 3. The van der Waals surface area contributed by atoms with Crippen LogP contribution in [0.1, 0.15) is 54.4 Å². The van der Waals surface area contributed by atoms with E-state index < -0.39 is 18.5 Å². The van der Waals surface area contributed by atoms with Crippen LogP contribution >= 0.6 is 11.6 Å². The Kier molecular flexibility index (Phi) is 7.37. The van der Waals surface area contributed by atoms with Crippen LogP contribution in [-0.2, 0) is 16.0 Å². The van der Waals surface area contributed by atoms with E-state index in [4.69, 9.17) is 30.8 Å². The molecule has 4 aromatic rings. The van der Waals surface area contributed by atoms with E-state index >= 15 is 0 Å². The number of hydrogen-bond acceptors (Lipinski definition) is 6. The molecule has 0 saturated carbocycles. The van der Waals surface area contributed by atoms with Crippen molar-refractivity contribution in [3.63, 3.8) is 0 Å². The summed E-state index contributed by atoms with van der Waals surface area (Å²) in [5, 5.41) is 4.14. The summed E-state index contributed by atoms with van der Waals surface area (Å²) >= 11 is 6.14. The molecule has 0 bridgehead atoms. The van der Waals surface area contributed by atoms with Gasteiger partial charge in [0, 0.05) is 22.2 Å². The molecule has 1 aliphatic carbocycles. The maximum absolute atomic E-state index is 13.8. The fraction of sp³-hybridized carbons (Fsp3) is 0.265. The first-order valence-electron chi connectivity index (χ1n) is 13.9. The molecule has 0 radical (unpaired) electrons. The Labute approximate surface area is 249 Å². The molecule has 2 heterocycles. The van der Waals surface area contributed by atoms with Gasteiger partial charge in [-0.05, 0) is 77.3 Å². The highest BCUT2D eigenvalue weighted by atomic mass is 35.5. The summed E-state index contributed by atoms with van der Waals surface area (Å²) in [6.07, 6.45) is 3.61. The van der Waals surface area contributed by atoms with Crippen molar-refractivity contribution in [3.05, 3.63) is 94.1 Å². The SMILES string of the molecule is CC(C)(C)[C@@H]1C/C(=C/c2ccc(Cl)cc2)c2nc3ccccc3c(C(=O)OCC(=O)Nc3ccc4c(c3)OCO4)c2C1. The number of anilines is 1. The monoisotopic (exact) mass is 582 g/mol. The molecule has 42 heavy (non-hydrogen) atoms. The van der Waals surface area contributed by atoms with E-state index in [-0.39, 0.29) is 18.1 Å². The number of allylic oxidation sites excluding steroid dienone is 1. The molecule has 3 aromatic carbocycles. The van der Waals surface area contributed by atoms with Gasteiger partial charge in [0.15, 0.2) is 18.1 Å². The van der Waals surface area contributed by atoms with Crippen LogP contribution in [0, 0.1) is 11.3 Å². The maximum Gasteiger partial charge on any atom is 0.339 e. The summed E-state index contributed by atoms with van der Waals surface area (Å²) in [5.74, 6) is 0.422. The van der Waals surface area contributed by atoms with E-state index in [1.54, 1.807) is 18.2 Å². The molecule has 1 aliphatic heterocycles. The fourth-order valence-corrected chi connectivity index (χ4v) is 5.63. The van der Waals surface area contributed by atoms with Crippen molar-refractivity contribution in [3.8, 4) is 11.5 Å². The molecule has 1 aromatic heterocycles. The number of esters is 1. The minimum absolute atomic E-state index is 0.0197. The Morgan fingerprint density at radius 3 is 2.57 bits per heavy atom. The number of pyridine rings is 1. The number of amides is 1. The number of nitrogens with zero attached hydrogens (tertiary/aromatic N) is 1. The van der Waals surface area contributed by atoms with E-state index in [9.17, 15) is 9.59 Å². The molecule has 0 spiro atoms. The smallest absolute Gasteiger partial charge is 0.339 e. The molecule has 0 unspecified atom stereocenters. The molecule has 7 nitrogen and oxygen atoms in total. The minimum Gasteiger partial charge on any atom is -0.454 e. The molecule has 1 amide bonds. The van der Waals surface area contributed by atoms with Gasteiger partial charge in [0.2, 0.25) is 6.79 Å². The molecule has 0 fully saturated rings. The number of carbonyl (C=O) groups excluding carboxylic acids is 2. The van der Waals surface area contributed by atoms with Gasteiger partial charge in [0.1, 0.15) is 0 Å². The summed E-state index contributed by atoms with van der Waals surface area (Å²) in [6, 6.07) is 20.4. The van der Waals surface area contributed by atoms with Crippen LogP contribution in [0.3, 0.4) is 0 Å². The highest BCUT2D eigenvalue weighted by Crippen LogP contribution is 2.45. The lowest BCUT2D eigenvalue weighted by atomic mass is 9.69. The standard InChI is InChI=1S/C34H31ClN2O5/c1-34(2,3)22-15-21(14-20-8-10-23(35)11-9-20)32-26(16-22)31(25-6-4-5-7-27(25)37-32)33(39)40-18-30(38)36-24-12-13-28-29(17-24)42-19-41-28/h4-14,17,22H,15-16,18-19H2,1-3H3,(H,36,38)/b21-14-/t22-/m1/s1. The molecule has 0 saturated heterocycles. The van der Waals surface area contributed by atoms with Crippen molar-refractivity contribution in [1.82, 2.24) is 4.98 Å². The third kappa shape index (κ3) is 5.70. The van der Waals surface area contributed by atoms with Crippen molar-refractivity contribution >= 4 is 51.7 Å². The minimum atomic E-state index is -0.550.